The van der Waals surface area contributed by atoms with Gasteiger partial charge in [0, 0.05) is 18.8 Å². The molecule has 0 saturated carbocycles. The first-order valence-corrected chi connectivity index (χ1v) is 14.1. The highest BCUT2D eigenvalue weighted by atomic mass is 32.2. The molecule has 2 aliphatic rings. The molecule has 2 saturated heterocycles. The molecule has 0 aliphatic carbocycles. The maximum absolute atomic E-state index is 13.4. The summed E-state index contributed by atoms with van der Waals surface area (Å²) in [4.78, 5) is 40.0. The molecule has 0 aromatic heterocycles. The van der Waals surface area contributed by atoms with Crippen molar-refractivity contribution < 1.29 is 27.5 Å². The second-order valence-electron chi connectivity index (χ2n) is 10.1. The van der Waals surface area contributed by atoms with Crippen LogP contribution in [0.4, 0.5) is 10.5 Å². The van der Waals surface area contributed by atoms with Gasteiger partial charge in [-0.2, -0.15) is 4.31 Å². The number of benzene rings is 3. The summed E-state index contributed by atoms with van der Waals surface area (Å²) >= 11 is 0. The van der Waals surface area contributed by atoms with E-state index in [1.54, 1.807) is 13.0 Å². The van der Waals surface area contributed by atoms with Crippen LogP contribution in [-0.4, -0.2) is 67.3 Å². The highest BCUT2D eigenvalue weighted by molar-refractivity contribution is 7.89. The Balaban J connectivity index is 1.27. The van der Waals surface area contributed by atoms with E-state index in [2.05, 4.69) is 10.6 Å². The monoisotopic (exact) mass is 550 g/mol. The lowest BCUT2D eigenvalue weighted by atomic mass is 9.88. The lowest BCUT2D eigenvalue weighted by molar-refractivity contribution is -0.133. The second-order valence-corrected chi connectivity index (χ2v) is 12.1. The van der Waals surface area contributed by atoms with E-state index in [1.165, 1.54) is 28.6 Å². The predicted octanol–water partition coefficient (Wildman–Crippen LogP) is 3.04. The summed E-state index contributed by atoms with van der Waals surface area (Å²) in [6.07, 6.45) is -0.426. The Labute approximate surface area is 227 Å². The summed E-state index contributed by atoms with van der Waals surface area (Å²) in [6, 6.07) is 18.2. The first kappa shape index (κ1) is 26.8. The quantitative estimate of drug-likeness (QED) is 0.455. The van der Waals surface area contributed by atoms with Crippen LogP contribution in [0.3, 0.4) is 0 Å². The van der Waals surface area contributed by atoms with Gasteiger partial charge in [-0.15, -0.1) is 0 Å². The van der Waals surface area contributed by atoms with Crippen molar-refractivity contribution in [3.8, 4) is 0 Å². The molecule has 39 heavy (non-hydrogen) atoms. The third kappa shape index (κ3) is 5.00. The number of rotatable bonds is 6. The molecule has 10 nitrogen and oxygen atoms in total. The van der Waals surface area contributed by atoms with Gasteiger partial charge >= 0.3 is 6.03 Å². The van der Waals surface area contributed by atoms with Crippen molar-refractivity contribution in [1.29, 1.82) is 0 Å². The molecule has 0 radical (unpaired) electrons. The minimum absolute atomic E-state index is 0.0988. The number of nitrogens with zero attached hydrogens (tertiary/aromatic N) is 2. The average Bonchev–Trinajstić information content (AvgIpc) is 3.11. The summed E-state index contributed by atoms with van der Waals surface area (Å²) in [5, 5.41) is 7.14. The zero-order chi connectivity index (χ0) is 27.9. The van der Waals surface area contributed by atoms with Crippen LogP contribution in [-0.2, 0) is 29.9 Å². The highest BCUT2D eigenvalue weighted by Gasteiger charge is 2.50. The number of hydrogen-bond donors (Lipinski definition) is 2. The number of hydrogen-bond acceptors (Lipinski definition) is 6. The van der Waals surface area contributed by atoms with Crippen molar-refractivity contribution in [1.82, 2.24) is 14.5 Å². The zero-order valence-electron chi connectivity index (χ0n) is 21.9. The Bertz CT molecular complexity index is 1540. The van der Waals surface area contributed by atoms with Crippen molar-refractivity contribution >= 4 is 44.3 Å². The molecule has 204 valence electrons. The molecule has 0 unspecified atom stereocenters. The molecule has 2 heterocycles. The van der Waals surface area contributed by atoms with Gasteiger partial charge in [0.25, 0.3) is 5.91 Å². The average molecular weight is 551 g/mol. The topological polar surface area (TPSA) is 125 Å². The molecule has 11 heteroatoms. The molecule has 4 amide bonds. The number of anilines is 1. The van der Waals surface area contributed by atoms with Crippen LogP contribution in [0, 0.1) is 0 Å². The molecule has 2 N–H and O–H groups in total. The van der Waals surface area contributed by atoms with Gasteiger partial charge in [0.1, 0.15) is 12.1 Å². The maximum atomic E-state index is 13.4. The molecule has 2 aliphatic heterocycles. The summed E-state index contributed by atoms with van der Waals surface area (Å²) < 4.78 is 33.2. The first-order chi connectivity index (χ1) is 18.5. The van der Waals surface area contributed by atoms with Gasteiger partial charge in [0.15, 0.2) is 0 Å². The number of fused-ring (bicyclic) bond motifs is 1. The molecular weight excluding hydrogens is 520 g/mol. The Morgan fingerprint density at radius 2 is 1.64 bits per heavy atom. The smallest absolute Gasteiger partial charge is 0.325 e. The lowest BCUT2D eigenvalue weighted by Crippen LogP contribution is -2.48. The first-order valence-electron chi connectivity index (χ1n) is 12.7. The molecule has 3 aromatic carbocycles. The van der Waals surface area contributed by atoms with Gasteiger partial charge in [-0.05, 0) is 61.4 Å². The van der Waals surface area contributed by atoms with Crippen LogP contribution in [0.2, 0.25) is 0 Å². The van der Waals surface area contributed by atoms with Gasteiger partial charge < -0.3 is 15.4 Å². The van der Waals surface area contributed by atoms with E-state index in [4.69, 9.17) is 4.74 Å². The van der Waals surface area contributed by atoms with Gasteiger partial charge in [-0.3, -0.25) is 14.5 Å². The molecule has 0 spiro atoms. The summed E-state index contributed by atoms with van der Waals surface area (Å²) in [6.45, 7) is 5.31. The van der Waals surface area contributed by atoms with E-state index in [0.717, 1.165) is 15.7 Å². The van der Waals surface area contributed by atoms with Crippen LogP contribution in [0.5, 0.6) is 0 Å². The number of imide groups is 1. The number of urea groups is 1. The second kappa shape index (κ2) is 10.1. The van der Waals surface area contributed by atoms with Crippen molar-refractivity contribution in [3.05, 3.63) is 72.3 Å². The van der Waals surface area contributed by atoms with Crippen LogP contribution < -0.4 is 10.6 Å². The molecule has 2 fully saturated rings. The summed E-state index contributed by atoms with van der Waals surface area (Å²) in [5.41, 5.74) is -0.350. The molecular formula is C28H30N4O6S. The minimum atomic E-state index is -3.73. The Kier molecular flexibility index (Phi) is 6.91. The van der Waals surface area contributed by atoms with Crippen molar-refractivity contribution in [2.24, 2.45) is 0 Å². The van der Waals surface area contributed by atoms with Crippen LogP contribution >= 0.6 is 0 Å². The van der Waals surface area contributed by atoms with E-state index in [1.807, 2.05) is 50.2 Å². The fraction of sp³-hybridized carbons (Fsp3) is 0.321. The molecule has 5 rings (SSSR count). The normalized spacial score (nSPS) is 24.1. The number of ether oxygens (including phenoxy) is 1. The van der Waals surface area contributed by atoms with Crippen LogP contribution in [0.1, 0.15) is 26.3 Å². The number of carbonyl (C=O) groups excluding carboxylic acids is 3. The molecule has 0 bridgehead atoms. The number of amides is 4. The number of morpholine rings is 1. The number of nitrogens with one attached hydrogen (secondary N) is 2. The van der Waals surface area contributed by atoms with E-state index in [0.29, 0.717) is 11.3 Å². The van der Waals surface area contributed by atoms with Crippen LogP contribution in [0.25, 0.3) is 10.8 Å². The SMILES string of the molecule is C[C@@H]1CN(S(=O)(=O)c2ccc(NC(=O)CN3C(=O)N[C@](C)(c4cccc5ccccc45)C3=O)cc2)C[C@H](C)O1. The number of carbonyl (C=O) groups is 3. The Hall–Kier alpha value is -3.80. The van der Waals surface area contributed by atoms with E-state index in [9.17, 15) is 22.8 Å². The van der Waals surface area contributed by atoms with Gasteiger partial charge in [0.2, 0.25) is 15.9 Å². The third-order valence-corrected chi connectivity index (χ3v) is 8.91. The highest BCUT2D eigenvalue weighted by Crippen LogP contribution is 2.34. The Morgan fingerprint density at radius 3 is 2.33 bits per heavy atom. The fourth-order valence-corrected chi connectivity index (χ4v) is 6.81. The lowest BCUT2D eigenvalue weighted by Gasteiger charge is -2.34. The Morgan fingerprint density at radius 1 is 1.00 bits per heavy atom. The fourth-order valence-electron chi connectivity index (χ4n) is 5.21. The largest absolute Gasteiger partial charge is 0.373 e. The molecule has 3 atom stereocenters. The van der Waals surface area contributed by atoms with Crippen molar-refractivity contribution in [2.75, 3.05) is 25.0 Å². The number of sulfonamides is 1. The summed E-state index contributed by atoms with van der Waals surface area (Å²) in [7, 11) is -3.73. The van der Waals surface area contributed by atoms with Crippen molar-refractivity contribution in [2.45, 2.75) is 43.4 Å². The standard InChI is InChI=1S/C28H30N4O6S/c1-18-15-31(16-19(2)38-18)39(36,37)22-13-11-21(12-14-22)29-25(33)17-32-26(34)28(3,30-27(32)35)24-10-6-8-20-7-4-5-9-23(20)24/h4-14,18-19H,15-17H2,1-3H3,(H,29,33)(H,30,35)/t18-,19+,28-/m1/s1. The summed E-state index contributed by atoms with van der Waals surface area (Å²) in [5.74, 6) is -1.12. The maximum Gasteiger partial charge on any atom is 0.325 e. The molecule has 3 aromatic rings. The van der Waals surface area contributed by atoms with E-state index in [-0.39, 0.29) is 30.2 Å². The van der Waals surface area contributed by atoms with Gasteiger partial charge in [-0.25, -0.2) is 13.2 Å². The van der Waals surface area contributed by atoms with Crippen LogP contribution in [0.15, 0.2) is 71.6 Å². The minimum Gasteiger partial charge on any atom is -0.373 e. The third-order valence-electron chi connectivity index (χ3n) is 7.07. The van der Waals surface area contributed by atoms with E-state index >= 15 is 0 Å². The van der Waals surface area contributed by atoms with E-state index < -0.39 is 40.0 Å². The van der Waals surface area contributed by atoms with Gasteiger partial charge in [0.05, 0.1) is 17.1 Å². The zero-order valence-corrected chi connectivity index (χ0v) is 22.7. The van der Waals surface area contributed by atoms with Gasteiger partial charge in [-0.1, -0.05) is 42.5 Å². The van der Waals surface area contributed by atoms with Crippen molar-refractivity contribution in [3.63, 3.8) is 0 Å². The predicted molar refractivity (Wildman–Crippen MR) is 145 cm³/mol.